The fourth-order valence-corrected chi connectivity index (χ4v) is 3.47. The first-order valence-electron chi connectivity index (χ1n) is 5.48. The van der Waals surface area contributed by atoms with Gasteiger partial charge in [0.1, 0.15) is 17.4 Å². The van der Waals surface area contributed by atoms with Crippen molar-refractivity contribution in [3.63, 3.8) is 0 Å². The van der Waals surface area contributed by atoms with Gasteiger partial charge >= 0.3 is 0 Å². The summed E-state index contributed by atoms with van der Waals surface area (Å²) in [7, 11) is -1.71. The van der Waals surface area contributed by atoms with Gasteiger partial charge in [0.05, 0.1) is 20.9 Å². The Labute approximate surface area is 100 Å². The zero-order valence-corrected chi connectivity index (χ0v) is 9.93. The quantitative estimate of drug-likeness (QED) is 0.817. The summed E-state index contributed by atoms with van der Waals surface area (Å²) >= 11 is 0. The molecule has 1 aliphatic rings. The van der Waals surface area contributed by atoms with Crippen LogP contribution in [0.3, 0.4) is 0 Å². The number of carbonyl (C=O) groups is 1. The Morgan fingerprint density at radius 3 is 2.65 bits per heavy atom. The molecule has 5 heteroatoms. The number of rotatable bonds is 2. The SMILES string of the molecule is O=C1CCCCC1S(=O)c1ccc(F)cc1F. The molecule has 1 aliphatic carbocycles. The second-order valence-corrected chi connectivity index (χ2v) is 5.68. The highest BCUT2D eigenvalue weighted by molar-refractivity contribution is 7.86. The minimum absolute atomic E-state index is 0.0772. The van der Waals surface area contributed by atoms with Crippen LogP contribution >= 0.6 is 0 Å². The molecular formula is C12H12F2O2S. The molecule has 0 spiro atoms. The summed E-state index contributed by atoms with van der Waals surface area (Å²) in [5.41, 5.74) is 0. The smallest absolute Gasteiger partial charge is 0.148 e. The molecular weight excluding hydrogens is 246 g/mol. The second-order valence-electron chi connectivity index (χ2n) is 4.07. The first-order chi connectivity index (χ1) is 8.09. The molecule has 0 aromatic heterocycles. The van der Waals surface area contributed by atoms with Crippen LogP contribution in [-0.2, 0) is 15.6 Å². The van der Waals surface area contributed by atoms with Gasteiger partial charge in [0.15, 0.2) is 0 Å². The predicted molar refractivity (Wildman–Crippen MR) is 60.0 cm³/mol. The normalized spacial score (nSPS) is 22.5. The van der Waals surface area contributed by atoms with Crippen LogP contribution < -0.4 is 0 Å². The summed E-state index contributed by atoms with van der Waals surface area (Å²) in [6.45, 7) is 0. The van der Waals surface area contributed by atoms with E-state index in [1.54, 1.807) is 0 Å². The van der Waals surface area contributed by atoms with E-state index in [-0.39, 0.29) is 10.7 Å². The molecule has 1 aromatic carbocycles. The first kappa shape index (κ1) is 12.4. The van der Waals surface area contributed by atoms with Crippen molar-refractivity contribution < 1.29 is 17.8 Å². The molecule has 92 valence electrons. The van der Waals surface area contributed by atoms with Crippen molar-refractivity contribution >= 4 is 16.6 Å². The molecule has 1 fully saturated rings. The van der Waals surface area contributed by atoms with Gasteiger partial charge < -0.3 is 0 Å². The minimum atomic E-state index is -1.71. The number of Topliss-reactive ketones (excluding diaryl/α,β-unsaturated/α-hetero) is 1. The van der Waals surface area contributed by atoms with Crippen molar-refractivity contribution in [2.24, 2.45) is 0 Å². The highest BCUT2D eigenvalue weighted by atomic mass is 32.2. The number of hydrogen-bond acceptors (Lipinski definition) is 2. The molecule has 0 radical (unpaired) electrons. The lowest BCUT2D eigenvalue weighted by atomic mass is 9.99. The average Bonchev–Trinajstić information content (AvgIpc) is 2.29. The van der Waals surface area contributed by atoms with Crippen molar-refractivity contribution in [3.05, 3.63) is 29.8 Å². The molecule has 0 heterocycles. The number of halogens is 2. The molecule has 0 N–H and O–H groups in total. The summed E-state index contributed by atoms with van der Waals surface area (Å²) in [4.78, 5) is 11.5. The van der Waals surface area contributed by atoms with E-state index >= 15 is 0 Å². The van der Waals surface area contributed by atoms with Crippen molar-refractivity contribution in [1.29, 1.82) is 0 Å². The second kappa shape index (κ2) is 5.04. The number of benzene rings is 1. The van der Waals surface area contributed by atoms with Gasteiger partial charge in [-0.05, 0) is 25.0 Å². The monoisotopic (exact) mass is 258 g/mol. The third-order valence-electron chi connectivity index (χ3n) is 2.87. The molecule has 0 aliphatic heterocycles. The first-order valence-corrected chi connectivity index (χ1v) is 6.69. The van der Waals surface area contributed by atoms with E-state index in [0.29, 0.717) is 18.9 Å². The van der Waals surface area contributed by atoms with Crippen LogP contribution in [-0.4, -0.2) is 15.2 Å². The Morgan fingerprint density at radius 1 is 1.24 bits per heavy atom. The molecule has 2 atom stereocenters. The standard InChI is InChI=1S/C12H12F2O2S/c13-8-5-6-11(9(14)7-8)17(16)12-4-2-1-3-10(12)15/h5-7,12H,1-4H2. The number of ketones is 1. The van der Waals surface area contributed by atoms with Crippen LogP contribution in [0.25, 0.3) is 0 Å². The minimum Gasteiger partial charge on any atom is -0.298 e. The highest BCUT2D eigenvalue weighted by Crippen LogP contribution is 2.25. The fraction of sp³-hybridized carbons (Fsp3) is 0.417. The topological polar surface area (TPSA) is 34.1 Å². The molecule has 0 amide bonds. The van der Waals surface area contributed by atoms with E-state index in [1.807, 2.05) is 0 Å². The van der Waals surface area contributed by atoms with Gasteiger partial charge in [-0.25, -0.2) is 8.78 Å². The predicted octanol–water partition coefficient (Wildman–Crippen LogP) is 2.58. The van der Waals surface area contributed by atoms with E-state index in [1.165, 1.54) is 0 Å². The van der Waals surface area contributed by atoms with E-state index in [9.17, 15) is 17.8 Å². The maximum absolute atomic E-state index is 13.4. The summed E-state index contributed by atoms with van der Waals surface area (Å²) in [6.07, 6.45) is 2.55. The third-order valence-corrected chi connectivity index (χ3v) is 4.65. The summed E-state index contributed by atoms with van der Waals surface area (Å²) in [5.74, 6) is -1.64. The van der Waals surface area contributed by atoms with Crippen molar-refractivity contribution in [2.75, 3.05) is 0 Å². The maximum atomic E-state index is 13.4. The zero-order valence-electron chi connectivity index (χ0n) is 9.12. The summed E-state index contributed by atoms with van der Waals surface area (Å²) < 4.78 is 38.2. The Kier molecular flexibility index (Phi) is 3.66. The van der Waals surface area contributed by atoms with Gasteiger partial charge in [0.2, 0.25) is 0 Å². The van der Waals surface area contributed by atoms with E-state index in [4.69, 9.17) is 0 Å². The third kappa shape index (κ3) is 2.60. The molecule has 1 aromatic rings. The van der Waals surface area contributed by atoms with E-state index in [2.05, 4.69) is 0 Å². The van der Waals surface area contributed by atoms with Gasteiger partial charge in [-0.15, -0.1) is 0 Å². The molecule has 0 saturated heterocycles. The van der Waals surface area contributed by atoms with Crippen LogP contribution in [0.5, 0.6) is 0 Å². The fourth-order valence-electron chi connectivity index (χ4n) is 1.97. The van der Waals surface area contributed by atoms with Gasteiger partial charge in [-0.2, -0.15) is 0 Å². The number of hydrogen-bond donors (Lipinski definition) is 0. The Hall–Kier alpha value is -1.10. The van der Waals surface area contributed by atoms with Gasteiger partial charge in [-0.3, -0.25) is 9.00 Å². The van der Waals surface area contributed by atoms with Crippen molar-refractivity contribution in [2.45, 2.75) is 35.8 Å². The largest absolute Gasteiger partial charge is 0.298 e. The summed E-state index contributed by atoms with van der Waals surface area (Å²) in [5, 5.41) is -0.635. The van der Waals surface area contributed by atoms with Crippen molar-refractivity contribution in [3.8, 4) is 0 Å². The maximum Gasteiger partial charge on any atom is 0.148 e. The van der Waals surface area contributed by atoms with Crippen LogP contribution in [0.4, 0.5) is 8.78 Å². The lowest BCUT2D eigenvalue weighted by molar-refractivity contribution is -0.119. The molecule has 17 heavy (non-hydrogen) atoms. The van der Waals surface area contributed by atoms with Gasteiger partial charge in [0, 0.05) is 12.5 Å². The number of carbonyl (C=O) groups excluding carboxylic acids is 1. The molecule has 1 saturated carbocycles. The van der Waals surface area contributed by atoms with Crippen LogP contribution in [0.1, 0.15) is 25.7 Å². The van der Waals surface area contributed by atoms with E-state index < -0.39 is 27.7 Å². The molecule has 2 rings (SSSR count). The summed E-state index contributed by atoms with van der Waals surface area (Å²) in [6, 6.07) is 2.91. The van der Waals surface area contributed by atoms with E-state index in [0.717, 1.165) is 25.0 Å². The van der Waals surface area contributed by atoms with Gasteiger partial charge in [0.25, 0.3) is 0 Å². The Balaban J connectivity index is 2.27. The van der Waals surface area contributed by atoms with Crippen LogP contribution in [0, 0.1) is 11.6 Å². The average molecular weight is 258 g/mol. The molecule has 0 bridgehead atoms. The zero-order chi connectivity index (χ0) is 12.4. The van der Waals surface area contributed by atoms with Crippen LogP contribution in [0.15, 0.2) is 23.1 Å². The Morgan fingerprint density at radius 2 is 2.00 bits per heavy atom. The highest BCUT2D eigenvalue weighted by Gasteiger charge is 2.30. The lowest BCUT2D eigenvalue weighted by Crippen LogP contribution is -2.29. The molecule has 2 unspecified atom stereocenters. The van der Waals surface area contributed by atoms with Gasteiger partial charge in [-0.1, -0.05) is 6.42 Å². The Bertz CT molecular complexity index is 474. The molecule has 2 nitrogen and oxygen atoms in total. The van der Waals surface area contributed by atoms with Crippen LogP contribution in [0.2, 0.25) is 0 Å². The lowest BCUT2D eigenvalue weighted by Gasteiger charge is -2.19. The van der Waals surface area contributed by atoms with Crippen molar-refractivity contribution in [1.82, 2.24) is 0 Å².